The van der Waals surface area contributed by atoms with Crippen LogP contribution in [-0.4, -0.2) is 50.3 Å². The number of methoxy groups -OCH3 is 1. The number of nitrogens with one attached hydrogen (secondary N) is 1. The molecule has 3 nitrogen and oxygen atoms in total. The zero-order chi connectivity index (χ0) is 15.1. The minimum absolute atomic E-state index is 0.635. The maximum absolute atomic E-state index is 5.34. The highest BCUT2D eigenvalue weighted by atomic mass is 16.5. The van der Waals surface area contributed by atoms with E-state index in [-0.39, 0.29) is 0 Å². The van der Waals surface area contributed by atoms with Crippen LogP contribution in [0.3, 0.4) is 0 Å². The second kappa shape index (κ2) is 9.01. The SMILES string of the molecule is CCC(C)N(CCOC)C1CC(C(C)C)CCC1NC. The molecular formula is C17H36N2O. The lowest BCUT2D eigenvalue weighted by Crippen LogP contribution is -2.56. The summed E-state index contributed by atoms with van der Waals surface area (Å²) in [5.74, 6) is 1.68. The summed E-state index contributed by atoms with van der Waals surface area (Å²) in [7, 11) is 3.93. The lowest BCUT2D eigenvalue weighted by Gasteiger charge is -2.46. The summed E-state index contributed by atoms with van der Waals surface area (Å²) in [5, 5.41) is 3.57. The Balaban J connectivity index is 2.80. The van der Waals surface area contributed by atoms with Gasteiger partial charge in [0.2, 0.25) is 0 Å². The van der Waals surface area contributed by atoms with Crippen LogP contribution in [-0.2, 0) is 4.74 Å². The summed E-state index contributed by atoms with van der Waals surface area (Å²) in [6, 6.07) is 1.93. The fourth-order valence-corrected chi connectivity index (χ4v) is 3.63. The molecule has 1 N–H and O–H groups in total. The number of ether oxygens (including phenoxy) is 1. The Bertz CT molecular complexity index is 257. The lowest BCUT2D eigenvalue weighted by molar-refractivity contribution is 0.0349. The fraction of sp³-hybridized carbons (Fsp3) is 1.00. The van der Waals surface area contributed by atoms with E-state index in [1.165, 1.54) is 25.7 Å². The molecule has 120 valence electrons. The van der Waals surface area contributed by atoms with Crippen LogP contribution < -0.4 is 5.32 Å². The van der Waals surface area contributed by atoms with Gasteiger partial charge >= 0.3 is 0 Å². The molecular weight excluding hydrogens is 248 g/mol. The molecule has 0 saturated heterocycles. The molecule has 0 aromatic rings. The number of rotatable bonds is 8. The Morgan fingerprint density at radius 2 is 1.95 bits per heavy atom. The van der Waals surface area contributed by atoms with Crippen LogP contribution in [0, 0.1) is 11.8 Å². The van der Waals surface area contributed by atoms with Gasteiger partial charge in [-0.2, -0.15) is 0 Å². The van der Waals surface area contributed by atoms with Crippen LogP contribution in [0.5, 0.6) is 0 Å². The van der Waals surface area contributed by atoms with E-state index in [0.29, 0.717) is 18.1 Å². The highest BCUT2D eigenvalue weighted by Crippen LogP contribution is 2.33. The molecule has 0 spiro atoms. The second-order valence-electron chi connectivity index (χ2n) is 6.77. The van der Waals surface area contributed by atoms with Gasteiger partial charge in [0.05, 0.1) is 6.61 Å². The minimum atomic E-state index is 0.635. The van der Waals surface area contributed by atoms with E-state index in [4.69, 9.17) is 4.74 Å². The number of hydrogen-bond acceptors (Lipinski definition) is 3. The first-order valence-corrected chi connectivity index (χ1v) is 8.47. The normalized spacial score (nSPS) is 29.1. The predicted molar refractivity (Wildman–Crippen MR) is 87.1 cm³/mol. The zero-order valence-electron chi connectivity index (χ0n) is 14.5. The maximum atomic E-state index is 5.34. The van der Waals surface area contributed by atoms with E-state index in [9.17, 15) is 0 Å². The van der Waals surface area contributed by atoms with Gasteiger partial charge in [0.25, 0.3) is 0 Å². The first kappa shape index (κ1) is 17.9. The van der Waals surface area contributed by atoms with Crippen LogP contribution in [0.1, 0.15) is 53.4 Å². The molecule has 0 heterocycles. The zero-order valence-corrected chi connectivity index (χ0v) is 14.5. The van der Waals surface area contributed by atoms with E-state index in [2.05, 4.69) is 45.0 Å². The van der Waals surface area contributed by atoms with Gasteiger partial charge in [-0.3, -0.25) is 4.90 Å². The summed E-state index contributed by atoms with van der Waals surface area (Å²) in [5.41, 5.74) is 0. The average molecular weight is 284 g/mol. The molecule has 1 fully saturated rings. The quantitative estimate of drug-likeness (QED) is 0.741. The number of hydrogen-bond donors (Lipinski definition) is 1. The molecule has 1 aliphatic rings. The van der Waals surface area contributed by atoms with E-state index in [1.807, 2.05) is 7.11 Å². The Morgan fingerprint density at radius 3 is 2.45 bits per heavy atom. The van der Waals surface area contributed by atoms with Gasteiger partial charge in [0, 0.05) is 31.8 Å². The standard InChI is InChI=1S/C17H36N2O/c1-7-14(4)19(10-11-20-6)17-12-15(13(2)3)8-9-16(17)18-5/h13-18H,7-12H2,1-6H3. The van der Waals surface area contributed by atoms with Gasteiger partial charge in [-0.05, 0) is 51.5 Å². The molecule has 0 amide bonds. The molecule has 0 bridgehead atoms. The largest absolute Gasteiger partial charge is 0.383 e. The number of likely N-dealkylation sites (N-methyl/N-ethyl adjacent to an activating group) is 1. The summed E-state index contributed by atoms with van der Waals surface area (Å²) in [4.78, 5) is 2.69. The summed E-state index contributed by atoms with van der Waals surface area (Å²) in [6.07, 6.45) is 5.22. The molecule has 1 aliphatic carbocycles. The van der Waals surface area contributed by atoms with Crippen molar-refractivity contribution in [2.75, 3.05) is 27.3 Å². The van der Waals surface area contributed by atoms with Crippen molar-refractivity contribution in [1.29, 1.82) is 0 Å². The minimum Gasteiger partial charge on any atom is -0.383 e. The summed E-state index contributed by atoms with van der Waals surface area (Å²) in [6.45, 7) is 11.3. The average Bonchev–Trinajstić information content (AvgIpc) is 2.46. The third kappa shape index (κ3) is 4.71. The highest BCUT2D eigenvalue weighted by Gasteiger charge is 2.35. The van der Waals surface area contributed by atoms with Crippen LogP contribution in [0.4, 0.5) is 0 Å². The molecule has 0 aromatic carbocycles. The molecule has 20 heavy (non-hydrogen) atoms. The first-order chi connectivity index (χ1) is 9.54. The van der Waals surface area contributed by atoms with Crippen molar-refractivity contribution in [2.45, 2.75) is 71.5 Å². The second-order valence-corrected chi connectivity index (χ2v) is 6.77. The molecule has 4 unspecified atom stereocenters. The van der Waals surface area contributed by atoms with Crippen LogP contribution >= 0.6 is 0 Å². The van der Waals surface area contributed by atoms with Crippen LogP contribution in [0.25, 0.3) is 0 Å². The van der Waals surface area contributed by atoms with E-state index in [0.717, 1.165) is 25.0 Å². The summed E-state index contributed by atoms with van der Waals surface area (Å²) >= 11 is 0. The molecule has 1 rings (SSSR count). The lowest BCUT2D eigenvalue weighted by atomic mass is 9.76. The van der Waals surface area contributed by atoms with Crippen molar-refractivity contribution in [3.8, 4) is 0 Å². The summed E-state index contributed by atoms with van der Waals surface area (Å²) < 4.78 is 5.34. The van der Waals surface area contributed by atoms with Crippen molar-refractivity contribution >= 4 is 0 Å². The van der Waals surface area contributed by atoms with Gasteiger partial charge in [-0.25, -0.2) is 0 Å². The number of nitrogens with zero attached hydrogens (tertiary/aromatic N) is 1. The van der Waals surface area contributed by atoms with E-state index < -0.39 is 0 Å². The van der Waals surface area contributed by atoms with Crippen molar-refractivity contribution < 1.29 is 4.74 Å². The fourth-order valence-electron chi connectivity index (χ4n) is 3.63. The monoisotopic (exact) mass is 284 g/mol. The molecule has 0 aromatic heterocycles. The maximum Gasteiger partial charge on any atom is 0.0589 e. The van der Waals surface area contributed by atoms with Gasteiger partial charge in [-0.15, -0.1) is 0 Å². The Labute approximate surface area is 126 Å². The highest BCUT2D eigenvalue weighted by molar-refractivity contribution is 4.92. The van der Waals surface area contributed by atoms with Crippen LogP contribution in [0.2, 0.25) is 0 Å². The predicted octanol–water partition coefficient (Wildman–Crippen LogP) is 3.15. The van der Waals surface area contributed by atoms with E-state index >= 15 is 0 Å². The first-order valence-electron chi connectivity index (χ1n) is 8.47. The van der Waals surface area contributed by atoms with E-state index in [1.54, 1.807) is 0 Å². The third-order valence-corrected chi connectivity index (χ3v) is 5.31. The Kier molecular flexibility index (Phi) is 8.08. The van der Waals surface area contributed by atoms with Gasteiger partial charge in [-0.1, -0.05) is 20.8 Å². The molecule has 1 saturated carbocycles. The van der Waals surface area contributed by atoms with Gasteiger partial charge in [0.15, 0.2) is 0 Å². The van der Waals surface area contributed by atoms with Gasteiger partial charge < -0.3 is 10.1 Å². The topological polar surface area (TPSA) is 24.5 Å². The molecule has 3 heteroatoms. The van der Waals surface area contributed by atoms with Crippen molar-refractivity contribution in [3.63, 3.8) is 0 Å². The smallest absolute Gasteiger partial charge is 0.0589 e. The van der Waals surface area contributed by atoms with Crippen molar-refractivity contribution in [3.05, 3.63) is 0 Å². The molecule has 4 atom stereocenters. The molecule has 0 aliphatic heterocycles. The van der Waals surface area contributed by atoms with Crippen molar-refractivity contribution in [1.82, 2.24) is 10.2 Å². The third-order valence-electron chi connectivity index (χ3n) is 5.31. The Hall–Kier alpha value is -0.120. The van der Waals surface area contributed by atoms with Gasteiger partial charge in [0.1, 0.15) is 0 Å². The molecule has 0 radical (unpaired) electrons. The Morgan fingerprint density at radius 1 is 1.25 bits per heavy atom. The van der Waals surface area contributed by atoms with Crippen molar-refractivity contribution in [2.24, 2.45) is 11.8 Å². The van der Waals surface area contributed by atoms with Crippen LogP contribution in [0.15, 0.2) is 0 Å².